The molecule has 2 N–H and O–H groups in total. The Hall–Kier alpha value is -2.56. The van der Waals surface area contributed by atoms with Gasteiger partial charge in [-0.2, -0.15) is 14.5 Å². The predicted octanol–water partition coefficient (Wildman–Crippen LogP) is 4.34. The normalized spacial score (nSPS) is 16.9. The van der Waals surface area contributed by atoms with Crippen LogP contribution in [0.3, 0.4) is 0 Å². The van der Waals surface area contributed by atoms with Crippen LogP contribution in [0.2, 0.25) is 15.1 Å². The summed E-state index contributed by atoms with van der Waals surface area (Å²) in [6, 6.07) is 9.00. The Labute approximate surface area is 249 Å². The Morgan fingerprint density at radius 3 is 2.05 bits per heavy atom. The van der Waals surface area contributed by atoms with E-state index in [0.717, 1.165) is 4.31 Å². The van der Waals surface area contributed by atoms with Crippen LogP contribution in [0.4, 0.5) is 8.78 Å². The zero-order valence-electron chi connectivity index (χ0n) is 20.6. The number of carbonyl (C=O) groups excluding carboxylic acids is 1. The maximum absolute atomic E-state index is 14.9. The second-order valence-corrected chi connectivity index (χ2v) is 13.9. The van der Waals surface area contributed by atoms with Gasteiger partial charge in [-0.15, -0.1) is 0 Å². The van der Waals surface area contributed by atoms with E-state index in [2.05, 4.69) is 4.84 Å². The van der Waals surface area contributed by atoms with Gasteiger partial charge >= 0.3 is 5.97 Å². The number of ether oxygens (including phenoxy) is 1. The lowest BCUT2D eigenvalue weighted by atomic mass is 10.2. The molecule has 0 saturated carbocycles. The molecule has 3 aromatic carbocycles. The SMILES string of the molecule is NOC(=O)[C@H]1CN(S(=O)(=O)Cc2cc(Cl)cc(Cl)c2)CCN1S(=O)(=O)c1cc(F)c(Oc2ccc(Cl)cc2)c(F)c1. The van der Waals surface area contributed by atoms with E-state index in [-0.39, 0.29) is 21.4 Å². The van der Waals surface area contributed by atoms with Gasteiger partial charge in [-0.3, -0.25) is 0 Å². The van der Waals surface area contributed by atoms with Crippen LogP contribution in [0.25, 0.3) is 0 Å². The smallest absolute Gasteiger partial charge is 0.344 e. The van der Waals surface area contributed by atoms with Gasteiger partial charge in [-0.1, -0.05) is 34.8 Å². The standard InChI is InChI=1S/C24H20Cl3F2N3O7S2/c25-15-1-3-18(4-2-15)38-23-20(28)10-19(11-21(23)29)41(36,37)32-6-5-31(12-22(32)24(33)39-30)40(34,35)13-14-7-16(26)9-17(27)8-14/h1-4,7-11,22H,5-6,12-13,30H2/t22-/m1/s1. The molecule has 0 spiro atoms. The number of hydrogen-bond acceptors (Lipinski definition) is 8. The van der Waals surface area contributed by atoms with Gasteiger partial charge in [0, 0.05) is 34.7 Å². The van der Waals surface area contributed by atoms with Crippen molar-refractivity contribution < 1.29 is 40.0 Å². The highest BCUT2D eigenvalue weighted by Gasteiger charge is 2.44. The topological polar surface area (TPSA) is 136 Å². The summed E-state index contributed by atoms with van der Waals surface area (Å²) >= 11 is 17.7. The highest BCUT2D eigenvalue weighted by Crippen LogP contribution is 2.33. The summed E-state index contributed by atoms with van der Waals surface area (Å²) in [5.41, 5.74) is 0.252. The third-order valence-electron chi connectivity index (χ3n) is 5.96. The summed E-state index contributed by atoms with van der Waals surface area (Å²) in [5.74, 6) is -0.392. The lowest BCUT2D eigenvalue weighted by Crippen LogP contribution is -2.59. The molecule has 0 amide bonds. The van der Waals surface area contributed by atoms with Crippen LogP contribution in [0.1, 0.15) is 5.56 Å². The minimum absolute atomic E-state index is 0.0333. The van der Waals surface area contributed by atoms with E-state index in [1.54, 1.807) is 0 Å². The average Bonchev–Trinajstić information content (AvgIpc) is 2.90. The highest BCUT2D eigenvalue weighted by molar-refractivity contribution is 7.89. The fraction of sp³-hybridized carbons (Fsp3) is 0.208. The summed E-state index contributed by atoms with van der Waals surface area (Å²) in [6.07, 6.45) is 0. The molecule has 4 rings (SSSR count). The van der Waals surface area contributed by atoms with Crippen molar-refractivity contribution in [2.45, 2.75) is 16.7 Å². The molecule has 41 heavy (non-hydrogen) atoms. The summed E-state index contributed by atoms with van der Waals surface area (Å²) in [4.78, 5) is 15.9. The van der Waals surface area contributed by atoms with E-state index >= 15 is 0 Å². The molecule has 220 valence electrons. The second-order valence-electron chi connectivity index (χ2n) is 8.73. The fourth-order valence-corrected chi connectivity index (χ4v) is 7.87. The summed E-state index contributed by atoms with van der Waals surface area (Å²) < 4.78 is 89.5. The first kappa shape index (κ1) is 31.4. The number of carbonyl (C=O) groups is 1. The molecule has 0 bridgehead atoms. The molecule has 0 unspecified atom stereocenters. The van der Waals surface area contributed by atoms with Crippen molar-refractivity contribution in [1.29, 1.82) is 0 Å². The first-order chi connectivity index (χ1) is 19.2. The maximum Gasteiger partial charge on any atom is 0.344 e. The van der Waals surface area contributed by atoms with Crippen LogP contribution in [-0.2, 0) is 35.4 Å². The predicted molar refractivity (Wildman–Crippen MR) is 147 cm³/mol. The van der Waals surface area contributed by atoms with Gasteiger partial charge < -0.3 is 9.57 Å². The number of piperazine rings is 1. The molecular formula is C24H20Cl3F2N3O7S2. The molecule has 0 aliphatic carbocycles. The van der Waals surface area contributed by atoms with E-state index in [9.17, 15) is 30.4 Å². The third kappa shape index (κ3) is 7.09. The van der Waals surface area contributed by atoms with Crippen LogP contribution in [0, 0.1) is 11.6 Å². The second kappa shape index (κ2) is 12.4. The molecule has 0 radical (unpaired) electrons. The van der Waals surface area contributed by atoms with Crippen molar-refractivity contribution in [1.82, 2.24) is 8.61 Å². The van der Waals surface area contributed by atoms with Gasteiger partial charge in [-0.25, -0.2) is 30.4 Å². The lowest BCUT2D eigenvalue weighted by molar-refractivity contribution is -0.150. The monoisotopic (exact) mass is 669 g/mol. The summed E-state index contributed by atoms with van der Waals surface area (Å²) in [7, 11) is -8.91. The Morgan fingerprint density at radius 1 is 0.902 bits per heavy atom. The van der Waals surface area contributed by atoms with Gasteiger partial charge in [-0.05, 0) is 60.2 Å². The molecule has 17 heteroatoms. The maximum atomic E-state index is 14.9. The minimum atomic E-state index is -4.78. The van der Waals surface area contributed by atoms with E-state index in [0.29, 0.717) is 21.5 Å². The van der Waals surface area contributed by atoms with Crippen LogP contribution in [0.5, 0.6) is 11.5 Å². The molecule has 1 aliphatic rings. The van der Waals surface area contributed by atoms with E-state index < -0.39 is 79.7 Å². The number of halogens is 5. The van der Waals surface area contributed by atoms with Crippen LogP contribution in [-0.4, -0.2) is 57.1 Å². The van der Waals surface area contributed by atoms with Crippen LogP contribution in [0.15, 0.2) is 59.5 Å². The average molecular weight is 671 g/mol. The van der Waals surface area contributed by atoms with E-state index in [1.807, 2.05) is 0 Å². The lowest BCUT2D eigenvalue weighted by Gasteiger charge is -2.38. The van der Waals surface area contributed by atoms with E-state index in [4.69, 9.17) is 45.4 Å². The molecule has 3 aromatic rings. The number of nitrogens with two attached hydrogens (primary N) is 1. The Bertz CT molecular complexity index is 1650. The first-order valence-electron chi connectivity index (χ1n) is 11.5. The highest BCUT2D eigenvalue weighted by atomic mass is 35.5. The zero-order chi connectivity index (χ0) is 30.1. The molecule has 10 nitrogen and oxygen atoms in total. The minimum Gasteiger partial charge on any atom is -0.451 e. The first-order valence-corrected chi connectivity index (χ1v) is 15.7. The number of hydrogen-bond donors (Lipinski definition) is 1. The van der Waals surface area contributed by atoms with Gasteiger partial charge in [0.1, 0.15) is 11.8 Å². The fourth-order valence-electron chi connectivity index (χ4n) is 4.09. The van der Waals surface area contributed by atoms with E-state index in [1.165, 1.54) is 42.5 Å². The number of benzene rings is 3. The number of nitrogens with zero attached hydrogens (tertiary/aromatic N) is 2. The van der Waals surface area contributed by atoms with Crippen molar-refractivity contribution in [3.8, 4) is 11.5 Å². The molecule has 1 heterocycles. The summed E-state index contributed by atoms with van der Waals surface area (Å²) in [6.45, 7) is -1.65. The van der Waals surface area contributed by atoms with Gasteiger partial charge in [0.15, 0.2) is 17.4 Å². The number of sulfonamides is 2. The Balaban J connectivity index is 1.60. The molecule has 1 aliphatic heterocycles. The molecule has 1 atom stereocenters. The molecule has 0 aromatic heterocycles. The summed E-state index contributed by atoms with van der Waals surface area (Å²) in [5, 5.41) is 0.756. The van der Waals surface area contributed by atoms with Crippen molar-refractivity contribution in [2.75, 3.05) is 19.6 Å². The van der Waals surface area contributed by atoms with Gasteiger partial charge in [0.2, 0.25) is 20.0 Å². The number of rotatable bonds is 8. The van der Waals surface area contributed by atoms with Gasteiger partial charge in [0.25, 0.3) is 0 Å². The molecular weight excluding hydrogens is 651 g/mol. The van der Waals surface area contributed by atoms with Crippen molar-refractivity contribution in [3.63, 3.8) is 0 Å². The molecule has 1 saturated heterocycles. The van der Waals surface area contributed by atoms with Crippen molar-refractivity contribution in [3.05, 3.63) is 86.9 Å². The van der Waals surface area contributed by atoms with Crippen LogP contribution >= 0.6 is 34.8 Å². The van der Waals surface area contributed by atoms with Crippen molar-refractivity contribution >= 4 is 60.8 Å². The quantitative estimate of drug-likeness (QED) is 0.350. The Morgan fingerprint density at radius 2 is 1.49 bits per heavy atom. The third-order valence-corrected chi connectivity index (χ3v) is 10.3. The Kier molecular flexibility index (Phi) is 9.45. The van der Waals surface area contributed by atoms with Crippen LogP contribution < -0.4 is 10.6 Å². The zero-order valence-corrected chi connectivity index (χ0v) is 24.5. The largest absolute Gasteiger partial charge is 0.451 e. The molecule has 1 fully saturated rings. The van der Waals surface area contributed by atoms with Gasteiger partial charge in [0.05, 0.1) is 10.6 Å². The van der Waals surface area contributed by atoms with Crippen molar-refractivity contribution in [2.24, 2.45) is 5.90 Å².